The molecule has 0 heterocycles. The highest BCUT2D eigenvalue weighted by atomic mass is 127. The predicted octanol–water partition coefficient (Wildman–Crippen LogP) is 0.512. The van der Waals surface area contributed by atoms with Gasteiger partial charge >= 0.3 is 27.2 Å². The van der Waals surface area contributed by atoms with Gasteiger partial charge in [0.15, 0.2) is 10.2 Å². The predicted molar refractivity (Wildman–Crippen MR) is 82.4 cm³/mol. The van der Waals surface area contributed by atoms with Gasteiger partial charge in [0, 0.05) is 11.1 Å². The monoisotopic (exact) mass is 411 g/mol. The maximum absolute atomic E-state index is 10.5. The number of carboxylic acid groups (broad SMARTS) is 1. The molecule has 0 fully saturated rings. The highest BCUT2D eigenvalue weighted by molar-refractivity contribution is 5.68. The average Bonchev–Trinajstić information content (AvgIpc) is 2.48. The molecule has 2 aromatic rings. The molecule has 1 N–H and O–H groups in total. The zero-order chi connectivity index (χ0) is 16.3. The van der Waals surface area contributed by atoms with Gasteiger partial charge in [-0.05, 0) is 63.1 Å². The van der Waals surface area contributed by atoms with E-state index in [1.807, 2.05) is 24.3 Å². The Labute approximate surface area is 141 Å². The van der Waals surface area contributed by atoms with Gasteiger partial charge in [-0.25, -0.2) is 4.79 Å². The molecule has 0 bridgehead atoms. The van der Waals surface area contributed by atoms with E-state index in [1.165, 1.54) is 29.4 Å². The Morgan fingerprint density at radius 3 is 2.09 bits per heavy atom. The molecule has 0 aliphatic heterocycles. The van der Waals surface area contributed by atoms with Crippen LogP contribution in [-0.4, -0.2) is 17.7 Å². The van der Waals surface area contributed by atoms with Gasteiger partial charge in [0.05, 0.1) is 0 Å². The molecular formula is C18H20IO3+. The molecule has 22 heavy (non-hydrogen) atoms. The summed E-state index contributed by atoms with van der Waals surface area (Å²) in [5.41, 5.74) is 5.47. The number of hydrogen-bond acceptors (Lipinski definition) is 2. The Hall–Kier alpha value is -1.56. The van der Waals surface area contributed by atoms with E-state index in [9.17, 15) is 4.79 Å². The summed E-state index contributed by atoms with van der Waals surface area (Å²) in [6, 6.07) is 10.0. The van der Waals surface area contributed by atoms with Gasteiger partial charge in [0.1, 0.15) is 5.75 Å². The Kier molecular flexibility index (Phi) is 5.45. The highest BCUT2D eigenvalue weighted by Crippen LogP contribution is 2.14. The number of aryl methyl sites for hydroxylation is 2. The summed E-state index contributed by atoms with van der Waals surface area (Å²) in [6.45, 7) is 8.42. The SMILES string of the molecule is Cc1cc(C)c(C)c([I+]c2ccc(OCC(=O)O)cc2)c1C. The Balaban J connectivity index is 2.20. The number of carbonyl (C=O) groups is 1. The molecule has 116 valence electrons. The van der Waals surface area contributed by atoms with Crippen molar-refractivity contribution < 1.29 is 35.8 Å². The summed E-state index contributed by atoms with van der Waals surface area (Å²) in [4.78, 5) is 10.5. The van der Waals surface area contributed by atoms with E-state index < -0.39 is 5.97 Å². The van der Waals surface area contributed by atoms with E-state index in [4.69, 9.17) is 9.84 Å². The average molecular weight is 411 g/mol. The van der Waals surface area contributed by atoms with Crippen molar-refractivity contribution in [3.8, 4) is 5.75 Å². The number of halogens is 1. The maximum atomic E-state index is 10.5. The van der Waals surface area contributed by atoms with Crippen LogP contribution in [0.2, 0.25) is 0 Å². The molecule has 0 amide bonds. The number of ether oxygens (including phenoxy) is 1. The standard InChI is InChI=1S/C18H19IO3/c1-11-9-12(2)14(4)18(13(11)3)19-15-5-7-16(8-6-15)22-10-17(20)21/h5-9H,10H2,1-4H3/p+1. The Morgan fingerprint density at radius 2 is 1.59 bits per heavy atom. The summed E-state index contributed by atoms with van der Waals surface area (Å²) < 4.78 is 7.96. The number of aliphatic carboxylic acids is 1. The fraction of sp³-hybridized carbons (Fsp3) is 0.278. The zero-order valence-electron chi connectivity index (χ0n) is 13.2. The second kappa shape index (κ2) is 7.13. The van der Waals surface area contributed by atoms with Crippen molar-refractivity contribution in [1.29, 1.82) is 0 Å². The minimum atomic E-state index is -0.960. The van der Waals surface area contributed by atoms with Crippen LogP contribution in [0.15, 0.2) is 30.3 Å². The molecule has 0 spiro atoms. The number of benzene rings is 2. The van der Waals surface area contributed by atoms with Gasteiger partial charge in [-0.1, -0.05) is 6.07 Å². The van der Waals surface area contributed by atoms with Crippen LogP contribution in [0.1, 0.15) is 22.3 Å². The Morgan fingerprint density at radius 1 is 1.05 bits per heavy atom. The summed E-state index contributed by atoms with van der Waals surface area (Å²) in [5, 5.41) is 8.62. The van der Waals surface area contributed by atoms with Crippen molar-refractivity contribution in [1.82, 2.24) is 0 Å². The van der Waals surface area contributed by atoms with Crippen molar-refractivity contribution in [2.75, 3.05) is 6.61 Å². The fourth-order valence-electron chi connectivity index (χ4n) is 2.16. The van der Waals surface area contributed by atoms with Crippen LogP contribution in [0.25, 0.3) is 0 Å². The molecule has 0 radical (unpaired) electrons. The Bertz CT molecular complexity index is 664. The van der Waals surface area contributed by atoms with Crippen molar-refractivity contribution in [2.24, 2.45) is 0 Å². The summed E-state index contributed by atoms with van der Waals surface area (Å²) in [7, 11) is 0. The number of rotatable bonds is 5. The first-order chi connectivity index (χ1) is 10.4. The van der Waals surface area contributed by atoms with Crippen LogP contribution in [0, 0.1) is 34.8 Å². The van der Waals surface area contributed by atoms with Crippen molar-refractivity contribution in [3.63, 3.8) is 0 Å². The molecular weight excluding hydrogens is 391 g/mol. The lowest BCUT2D eigenvalue weighted by atomic mass is 10.0. The maximum Gasteiger partial charge on any atom is 0.358 e. The molecule has 3 nitrogen and oxygen atoms in total. The topological polar surface area (TPSA) is 46.5 Å². The molecule has 0 aliphatic carbocycles. The molecule has 0 saturated heterocycles. The normalized spacial score (nSPS) is 10.5. The largest absolute Gasteiger partial charge is 0.482 e. The highest BCUT2D eigenvalue weighted by Gasteiger charge is 2.23. The lowest BCUT2D eigenvalue weighted by Gasteiger charge is -2.06. The summed E-state index contributed by atoms with van der Waals surface area (Å²) in [5.74, 6) is -0.359. The molecule has 0 saturated carbocycles. The van der Waals surface area contributed by atoms with Crippen LogP contribution in [-0.2, 0) is 4.79 Å². The summed E-state index contributed by atoms with van der Waals surface area (Å²) >= 11 is -0.255. The van der Waals surface area contributed by atoms with E-state index in [1.54, 1.807) is 0 Å². The van der Waals surface area contributed by atoms with Crippen LogP contribution in [0.3, 0.4) is 0 Å². The van der Waals surface area contributed by atoms with Gasteiger partial charge in [-0.3, -0.25) is 0 Å². The third-order valence-corrected chi connectivity index (χ3v) is 7.15. The van der Waals surface area contributed by atoms with E-state index in [0.717, 1.165) is 0 Å². The van der Waals surface area contributed by atoms with E-state index in [0.29, 0.717) is 5.75 Å². The van der Waals surface area contributed by atoms with Crippen LogP contribution in [0.5, 0.6) is 5.75 Å². The molecule has 2 rings (SSSR count). The van der Waals surface area contributed by atoms with Gasteiger partial charge in [-0.15, -0.1) is 0 Å². The molecule has 2 aromatic carbocycles. The number of carboxylic acids is 1. The van der Waals surface area contributed by atoms with E-state index >= 15 is 0 Å². The lowest BCUT2D eigenvalue weighted by molar-refractivity contribution is -0.598. The van der Waals surface area contributed by atoms with Crippen LogP contribution < -0.4 is 25.9 Å². The smallest absolute Gasteiger partial charge is 0.358 e. The van der Waals surface area contributed by atoms with E-state index in [2.05, 4.69) is 33.8 Å². The zero-order valence-corrected chi connectivity index (χ0v) is 15.4. The second-order valence-corrected chi connectivity index (χ2v) is 8.17. The lowest BCUT2D eigenvalue weighted by Crippen LogP contribution is -3.62. The third-order valence-electron chi connectivity index (χ3n) is 3.65. The first-order valence-electron chi connectivity index (χ1n) is 7.05. The molecule has 0 aliphatic rings. The van der Waals surface area contributed by atoms with Crippen molar-refractivity contribution in [3.05, 3.63) is 59.7 Å². The third kappa shape index (κ3) is 4.00. The minimum Gasteiger partial charge on any atom is -0.482 e. The quantitative estimate of drug-likeness (QED) is 0.730. The molecule has 0 aromatic heterocycles. The van der Waals surface area contributed by atoms with E-state index in [-0.39, 0.29) is 27.8 Å². The van der Waals surface area contributed by atoms with Crippen LogP contribution in [0.4, 0.5) is 0 Å². The number of hydrogen-bond donors (Lipinski definition) is 1. The summed E-state index contributed by atoms with van der Waals surface area (Å²) in [6.07, 6.45) is 0. The van der Waals surface area contributed by atoms with Crippen LogP contribution >= 0.6 is 0 Å². The second-order valence-electron chi connectivity index (χ2n) is 5.31. The molecule has 0 atom stereocenters. The first kappa shape index (κ1) is 16.8. The van der Waals surface area contributed by atoms with Gasteiger partial charge < -0.3 is 9.84 Å². The van der Waals surface area contributed by atoms with Gasteiger partial charge in [0.25, 0.3) is 0 Å². The minimum absolute atomic E-state index is 0.255. The first-order valence-corrected chi connectivity index (χ1v) is 9.21. The van der Waals surface area contributed by atoms with Gasteiger partial charge in [-0.2, -0.15) is 0 Å². The van der Waals surface area contributed by atoms with Crippen molar-refractivity contribution >= 4 is 5.97 Å². The van der Waals surface area contributed by atoms with Gasteiger partial charge in [0.2, 0.25) is 3.57 Å². The molecule has 0 unspecified atom stereocenters. The van der Waals surface area contributed by atoms with Crippen molar-refractivity contribution in [2.45, 2.75) is 27.7 Å². The molecule has 4 heteroatoms. The fourth-order valence-corrected chi connectivity index (χ4v) is 5.16.